The smallest absolute Gasteiger partial charge is 0.408 e. The van der Waals surface area contributed by atoms with Crippen LogP contribution < -0.4 is 5.32 Å². The molecule has 1 N–H and O–H groups in total. The zero-order valence-electron chi connectivity index (χ0n) is 18.0. The van der Waals surface area contributed by atoms with Gasteiger partial charge in [0.15, 0.2) is 0 Å². The monoisotopic (exact) mass is 384 g/mol. The Balaban J connectivity index is 3.05. The molecule has 7 nitrogen and oxygen atoms in total. The lowest BCUT2D eigenvalue weighted by Gasteiger charge is -2.35. The van der Waals surface area contributed by atoms with Crippen LogP contribution in [-0.4, -0.2) is 54.2 Å². The zero-order valence-corrected chi connectivity index (χ0v) is 18.0. The van der Waals surface area contributed by atoms with Crippen molar-refractivity contribution >= 4 is 18.0 Å². The van der Waals surface area contributed by atoms with Gasteiger partial charge in [-0.3, -0.25) is 4.79 Å². The summed E-state index contributed by atoms with van der Waals surface area (Å²) in [4.78, 5) is 39.4. The summed E-state index contributed by atoms with van der Waals surface area (Å²) in [5.41, 5.74) is -1.21. The van der Waals surface area contributed by atoms with Crippen molar-refractivity contribution in [2.75, 3.05) is 13.7 Å². The van der Waals surface area contributed by atoms with Crippen LogP contribution in [0.3, 0.4) is 0 Å². The molecule has 2 amide bonds. The predicted molar refractivity (Wildman–Crippen MR) is 103 cm³/mol. The Bertz CT molecular complexity index is 548. The molecule has 0 unspecified atom stereocenters. The number of rotatable bonds is 5. The van der Waals surface area contributed by atoms with Gasteiger partial charge in [0.2, 0.25) is 5.91 Å². The average Bonchev–Trinajstić information content (AvgIpc) is 2.93. The van der Waals surface area contributed by atoms with Gasteiger partial charge in [-0.2, -0.15) is 0 Å². The Labute approximate surface area is 163 Å². The van der Waals surface area contributed by atoms with E-state index in [1.807, 2.05) is 20.8 Å². The van der Waals surface area contributed by atoms with Gasteiger partial charge in [-0.25, -0.2) is 9.59 Å². The molecule has 27 heavy (non-hydrogen) atoms. The summed E-state index contributed by atoms with van der Waals surface area (Å²) in [5, 5.41) is 2.71. The van der Waals surface area contributed by atoms with E-state index in [9.17, 15) is 14.4 Å². The highest BCUT2D eigenvalue weighted by molar-refractivity contribution is 5.90. The van der Waals surface area contributed by atoms with Crippen molar-refractivity contribution < 1.29 is 23.9 Å². The average molecular weight is 385 g/mol. The zero-order chi connectivity index (χ0) is 21.0. The molecule has 0 bridgehead atoms. The molecule has 1 fully saturated rings. The first-order valence-electron chi connectivity index (χ1n) is 9.68. The van der Waals surface area contributed by atoms with Gasteiger partial charge in [0.05, 0.1) is 7.11 Å². The molecule has 0 aromatic rings. The first-order valence-corrected chi connectivity index (χ1v) is 9.68. The molecule has 0 aliphatic carbocycles. The molecule has 0 saturated carbocycles. The largest absolute Gasteiger partial charge is 0.467 e. The first-order chi connectivity index (χ1) is 12.3. The van der Waals surface area contributed by atoms with Crippen molar-refractivity contribution in [1.29, 1.82) is 0 Å². The molecule has 0 aromatic heterocycles. The third kappa shape index (κ3) is 6.70. The van der Waals surface area contributed by atoms with E-state index in [1.165, 1.54) is 7.11 Å². The fourth-order valence-corrected chi connectivity index (χ4v) is 3.38. The van der Waals surface area contributed by atoms with Crippen LogP contribution in [0.1, 0.15) is 67.7 Å². The molecule has 7 heteroatoms. The lowest BCUT2D eigenvalue weighted by molar-refractivity contribution is -0.152. The van der Waals surface area contributed by atoms with E-state index in [0.29, 0.717) is 13.0 Å². The third-order valence-electron chi connectivity index (χ3n) is 4.62. The van der Waals surface area contributed by atoms with E-state index in [-0.39, 0.29) is 11.8 Å². The predicted octanol–water partition coefficient (Wildman–Crippen LogP) is 3.12. The van der Waals surface area contributed by atoms with Crippen LogP contribution in [-0.2, 0) is 19.1 Å². The number of nitrogens with one attached hydrogen (secondary N) is 1. The summed E-state index contributed by atoms with van der Waals surface area (Å²) in [7, 11) is 1.33. The summed E-state index contributed by atoms with van der Waals surface area (Å²) >= 11 is 0. The number of carbonyl (C=O) groups excluding carboxylic acids is 3. The van der Waals surface area contributed by atoms with Crippen molar-refractivity contribution in [3.05, 3.63) is 0 Å². The van der Waals surface area contributed by atoms with Crippen LogP contribution in [0, 0.1) is 11.3 Å². The van der Waals surface area contributed by atoms with Gasteiger partial charge in [0.1, 0.15) is 17.7 Å². The highest BCUT2D eigenvalue weighted by Crippen LogP contribution is 2.31. The standard InChI is InChI=1S/C20H36N2O5/c1-9-10-13-11-14(17(24)26-8)22(12-13)16(23)15(19(2,3)4)21-18(25)27-20(5,6)7/h13-15H,9-12H2,1-8H3,(H,21,25)/t13-,14-,15+/m0/s1. The highest BCUT2D eigenvalue weighted by atomic mass is 16.6. The summed E-state index contributed by atoms with van der Waals surface area (Å²) in [6.45, 7) is 13.5. The number of nitrogens with zero attached hydrogens (tertiary/aromatic N) is 1. The van der Waals surface area contributed by atoms with Crippen molar-refractivity contribution in [3.8, 4) is 0 Å². The number of ether oxygens (including phenoxy) is 2. The third-order valence-corrected chi connectivity index (χ3v) is 4.62. The van der Waals surface area contributed by atoms with Gasteiger partial charge in [-0.05, 0) is 44.9 Å². The number of likely N-dealkylation sites (tertiary alicyclic amines) is 1. The van der Waals surface area contributed by atoms with Gasteiger partial charge in [-0.15, -0.1) is 0 Å². The van der Waals surface area contributed by atoms with E-state index < -0.39 is 35.2 Å². The fourth-order valence-electron chi connectivity index (χ4n) is 3.38. The lowest BCUT2D eigenvalue weighted by Crippen LogP contribution is -2.57. The summed E-state index contributed by atoms with van der Waals surface area (Å²) in [5.74, 6) is -0.431. The molecular formula is C20H36N2O5. The molecule has 1 heterocycles. The van der Waals surface area contributed by atoms with Crippen LogP contribution >= 0.6 is 0 Å². The van der Waals surface area contributed by atoms with E-state index in [0.717, 1.165) is 12.8 Å². The number of methoxy groups -OCH3 is 1. The second kappa shape index (κ2) is 8.93. The van der Waals surface area contributed by atoms with Crippen molar-refractivity contribution in [3.63, 3.8) is 0 Å². The molecule has 1 aliphatic rings. The Hall–Kier alpha value is -1.79. The van der Waals surface area contributed by atoms with Crippen molar-refractivity contribution in [1.82, 2.24) is 10.2 Å². The Kier molecular flexibility index (Phi) is 7.69. The number of hydrogen-bond donors (Lipinski definition) is 1. The molecule has 156 valence electrons. The quantitative estimate of drug-likeness (QED) is 0.736. The topological polar surface area (TPSA) is 84.9 Å². The summed E-state index contributed by atoms with van der Waals surface area (Å²) in [6, 6.07) is -1.41. The SMILES string of the molecule is CCC[C@H]1C[C@@H](C(=O)OC)N(C(=O)[C@@H](NC(=O)OC(C)(C)C)C(C)(C)C)C1. The van der Waals surface area contributed by atoms with Gasteiger partial charge >= 0.3 is 12.1 Å². The maximum Gasteiger partial charge on any atom is 0.408 e. The van der Waals surface area contributed by atoms with Gasteiger partial charge < -0.3 is 19.7 Å². The number of alkyl carbamates (subject to hydrolysis) is 1. The molecule has 0 radical (unpaired) electrons. The van der Waals surface area contributed by atoms with Gasteiger partial charge in [0, 0.05) is 6.54 Å². The first kappa shape index (κ1) is 23.2. The molecular weight excluding hydrogens is 348 g/mol. The minimum atomic E-state index is -0.806. The van der Waals surface area contributed by atoms with Crippen molar-refractivity contribution in [2.45, 2.75) is 85.4 Å². The number of amides is 2. The normalized spacial score (nSPS) is 21.6. The summed E-state index contributed by atoms with van der Waals surface area (Å²) < 4.78 is 10.2. The highest BCUT2D eigenvalue weighted by Gasteiger charge is 2.45. The van der Waals surface area contributed by atoms with Crippen LogP contribution in [0.2, 0.25) is 0 Å². The Morgan fingerprint density at radius 1 is 1.15 bits per heavy atom. The van der Waals surface area contributed by atoms with Crippen LogP contribution in [0.4, 0.5) is 4.79 Å². The van der Waals surface area contributed by atoms with Crippen LogP contribution in [0.15, 0.2) is 0 Å². The minimum Gasteiger partial charge on any atom is -0.467 e. The number of hydrogen-bond acceptors (Lipinski definition) is 5. The van der Waals surface area contributed by atoms with E-state index >= 15 is 0 Å². The molecule has 1 aliphatic heterocycles. The lowest BCUT2D eigenvalue weighted by atomic mass is 9.85. The van der Waals surface area contributed by atoms with E-state index in [1.54, 1.807) is 25.7 Å². The second-order valence-corrected chi connectivity index (χ2v) is 9.37. The molecule has 0 spiro atoms. The maximum atomic E-state index is 13.3. The molecule has 3 atom stereocenters. The molecule has 0 aromatic carbocycles. The fraction of sp³-hybridized carbons (Fsp3) is 0.850. The maximum absolute atomic E-state index is 13.3. The van der Waals surface area contributed by atoms with Crippen molar-refractivity contribution in [2.24, 2.45) is 11.3 Å². The van der Waals surface area contributed by atoms with Gasteiger partial charge in [-0.1, -0.05) is 34.1 Å². The van der Waals surface area contributed by atoms with Gasteiger partial charge in [0.25, 0.3) is 0 Å². The van der Waals surface area contributed by atoms with Crippen LogP contribution in [0.5, 0.6) is 0 Å². The van der Waals surface area contributed by atoms with E-state index in [2.05, 4.69) is 12.2 Å². The number of esters is 1. The Morgan fingerprint density at radius 2 is 1.74 bits per heavy atom. The number of carbonyl (C=O) groups is 3. The van der Waals surface area contributed by atoms with Crippen LogP contribution in [0.25, 0.3) is 0 Å². The minimum absolute atomic E-state index is 0.255. The Morgan fingerprint density at radius 3 is 2.19 bits per heavy atom. The molecule has 1 saturated heterocycles. The second-order valence-electron chi connectivity index (χ2n) is 9.37. The molecule has 1 rings (SSSR count). The van der Waals surface area contributed by atoms with E-state index in [4.69, 9.17) is 9.47 Å². The summed E-state index contributed by atoms with van der Waals surface area (Å²) in [6.07, 6.45) is 1.88.